The molecule has 152 valence electrons. The van der Waals surface area contributed by atoms with Crippen LogP contribution in [0.25, 0.3) is 5.65 Å². The van der Waals surface area contributed by atoms with Crippen molar-refractivity contribution < 1.29 is 14.3 Å². The molecule has 4 heterocycles. The Bertz CT molecular complexity index is 1030. The van der Waals surface area contributed by atoms with Crippen LogP contribution in [0.3, 0.4) is 0 Å². The second kappa shape index (κ2) is 7.51. The highest BCUT2D eigenvalue weighted by molar-refractivity contribution is 6.05. The van der Waals surface area contributed by atoms with Gasteiger partial charge in [-0.3, -0.25) is 9.48 Å². The van der Waals surface area contributed by atoms with Gasteiger partial charge < -0.3 is 19.2 Å². The molecule has 0 aromatic carbocycles. The zero-order valence-corrected chi connectivity index (χ0v) is 16.5. The number of fused-ring (bicyclic) bond motifs is 1. The van der Waals surface area contributed by atoms with Crippen LogP contribution in [0.15, 0.2) is 30.7 Å². The molecule has 1 aliphatic carbocycles. The molecular weight excluding hydrogens is 370 g/mol. The number of hydrogen-bond acceptors (Lipinski definition) is 5. The van der Waals surface area contributed by atoms with Gasteiger partial charge in [0.2, 0.25) is 0 Å². The SMILES string of the molecule is COc1cc2nc(C3CCOCC3)cn2cc1C(=O)Nc1ccn(CC2CC2)n1. The lowest BCUT2D eigenvalue weighted by Gasteiger charge is -2.19. The fraction of sp³-hybridized carbons (Fsp3) is 0.476. The number of anilines is 1. The monoisotopic (exact) mass is 395 g/mol. The Morgan fingerprint density at radius 3 is 2.86 bits per heavy atom. The van der Waals surface area contributed by atoms with Crippen LogP contribution in [0.4, 0.5) is 5.82 Å². The zero-order chi connectivity index (χ0) is 19.8. The number of imidazole rings is 1. The van der Waals surface area contributed by atoms with Gasteiger partial charge in [0.1, 0.15) is 11.4 Å². The number of pyridine rings is 1. The van der Waals surface area contributed by atoms with Crippen molar-refractivity contribution in [2.45, 2.75) is 38.1 Å². The summed E-state index contributed by atoms with van der Waals surface area (Å²) >= 11 is 0. The van der Waals surface area contributed by atoms with Crippen molar-refractivity contribution in [3.05, 3.63) is 42.0 Å². The Labute approximate surface area is 168 Å². The van der Waals surface area contributed by atoms with E-state index in [1.807, 2.05) is 33.6 Å². The maximum atomic E-state index is 12.9. The summed E-state index contributed by atoms with van der Waals surface area (Å²) in [4.78, 5) is 17.6. The minimum atomic E-state index is -0.248. The molecule has 0 unspecified atom stereocenters. The number of ether oxygens (including phenoxy) is 2. The van der Waals surface area contributed by atoms with Crippen LogP contribution in [0.5, 0.6) is 5.75 Å². The number of rotatable bonds is 6. The van der Waals surface area contributed by atoms with E-state index in [0.29, 0.717) is 23.0 Å². The molecule has 1 aliphatic heterocycles. The molecule has 1 amide bonds. The molecule has 5 rings (SSSR count). The molecule has 0 spiro atoms. The standard InChI is InChI=1S/C21H25N5O3/c1-28-18-10-20-22-17(15-5-8-29-9-6-15)13-25(20)12-16(18)21(27)23-19-4-7-26(24-19)11-14-2-3-14/h4,7,10,12-15H,2-3,5-6,8-9,11H2,1H3,(H,23,24,27). The Morgan fingerprint density at radius 2 is 2.10 bits per heavy atom. The van der Waals surface area contributed by atoms with Crippen LogP contribution < -0.4 is 10.1 Å². The van der Waals surface area contributed by atoms with Crippen LogP contribution in [-0.4, -0.2) is 45.4 Å². The van der Waals surface area contributed by atoms with E-state index >= 15 is 0 Å². The predicted molar refractivity (Wildman–Crippen MR) is 107 cm³/mol. The molecule has 0 bridgehead atoms. The summed E-state index contributed by atoms with van der Waals surface area (Å²) in [7, 11) is 1.56. The summed E-state index contributed by atoms with van der Waals surface area (Å²) in [5.41, 5.74) is 2.26. The van der Waals surface area contributed by atoms with E-state index in [0.717, 1.165) is 49.9 Å². The highest BCUT2D eigenvalue weighted by atomic mass is 16.5. The van der Waals surface area contributed by atoms with Crippen molar-refractivity contribution >= 4 is 17.4 Å². The van der Waals surface area contributed by atoms with Gasteiger partial charge in [-0.15, -0.1) is 0 Å². The molecular formula is C21H25N5O3. The van der Waals surface area contributed by atoms with Crippen LogP contribution in [-0.2, 0) is 11.3 Å². The largest absolute Gasteiger partial charge is 0.496 e. The van der Waals surface area contributed by atoms with E-state index in [2.05, 4.69) is 10.4 Å². The normalized spacial score (nSPS) is 17.6. The van der Waals surface area contributed by atoms with Gasteiger partial charge in [-0.2, -0.15) is 5.10 Å². The van der Waals surface area contributed by atoms with Crippen molar-refractivity contribution in [2.75, 3.05) is 25.6 Å². The predicted octanol–water partition coefficient (Wildman–Crippen LogP) is 3.10. The highest BCUT2D eigenvalue weighted by Gasteiger charge is 2.23. The van der Waals surface area contributed by atoms with E-state index in [1.165, 1.54) is 12.8 Å². The number of carbonyl (C=O) groups excluding carboxylic acids is 1. The molecule has 2 aliphatic rings. The van der Waals surface area contributed by atoms with Crippen molar-refractivity contribution in [3.63, 3.8) is 0 Å². The van der Waals surface area contributed by atoms with Gasteiger partial charge >= 0.3 is 0 Å². The van der Waals surface area contributed by atoms with Gasteiger partial charge in [0.05, 0.1) is 18.4 Å². The van der Waals surface area contributed by atoms with E-state index in [-0.39, 0.29) is 5.91 Å². The highest BCUT2D eigenvalue weighted by Crippen LogP contribution is 2.31. The molecule has 8 nitrogen and oxygen atoms in total. The van der Waals surface area contributed by atoms with E-state index in [4.69, 9.17) is 14.5 Å². The van der Waals surface area contributed by atoms with Crippen LogP contribution in [0.2, 0.25) is 0 Å². The lowest BCUT2D eigenvalue weighted by atomic mass is 9.97. The lowest BCUT2D eigenvalue weighted by Crippen LogP contribution is -2.15. The van der Waals surface area contributed by atoms with Crippen molar-refractivity contribution in [2.24, 2.45) is 5.92 Å². The summed E-state index contributed by atoms with van der Waals surface area (Å²) in [6.45, 7) is 2.45. The Hall–Kier alpha value is -2.87. The fourth-order valence-electron chi connectivity index (χ4n) is 3.84. The number of methoxy groups -OCH3 is 1. The van der Waals surface area contributed by atoms with Crippen LogP contribution >= 0.6 is 0 Å². The smallest absolute Gasteiger partial charge is 0.262 e. The van der Waals surface area contributed by atoms with Crippen LogP contribution in [0.1, 0.15) is 47.7 Å². The molecule has 0 radical (unpaired) electrons. The first-order chi connectivity index (χ1) is 14.2. The Morgan fingerprint density at radius 1 is 1.28 bits per heavy atom. The zero-order valence-electron chi connectivity index (χ0n) is 16.5. The van der Waals surface area contributed by atoms with Crippen molar-refractivity contribution in [3.8, 4) is 5.75 Å². The average Bonchev–Trinajstić information content (AvgIpc) is 3.29. The number of carbonyl (C=O) groups is 1. The lowest BCUT2D eigenvalue weighted by molar-refractivity contribution is 0.0846. The van der Waals surface area contributed by atoms with E-state index in [1.54, 1.807) is 13.3 Å². The molecule has 1 saturated heterocycles. The first-order valence-electron chi connectivity index (χ1n) is 10.2. The van der Waals surface area contributed by atoms with Gasteiger partial charge in [-0.25, -0.2) is 4.98 Å². The first kappa shape index (κ1) is 18.2. The molecule has 3 aromatic heterocycles. The molecule has 3 aromatic rings. The quantitative estimate of drug-likeness (QED) is 0.693. The number of hydrogen-bond donors (Lipinski definition) is 1. The first-order valence-corrected chi connectivity index (χ1v) is 10.2. The van der Waals surface area contributed by atoms with Gasteiger partial charge in [0.25, 0.3) is 5.91 Å². The van der Waals surface area contributed by atoms with Gasteiger partial charge in [-0.05, 0) is 31.6 Å². The molecule has 29 heavy (non-hydrogen) atoms. The van der Waals surface area contributed by atoms with Crippen molar-refractivity contribution in [1.29, 1.82) is 0 Å². The summed E-state index contributed by atoms with van der Waals surface area (Å²) in [6.07, 6.45) is 10.2. The molecule has 0 atom stereocenters. The third-order valence-corrected chi connectivity index (χ3v) is 5.70. The number of amides is 1. The number of aromatic nitrogens is 4. The van der Waals surface area contributed by atoms with Gasteiger partial charge in [0.15, 0.2) is 5.82 Å². The van der Waals surface area contributed by atoms with E-state index < -0.39 is 0 Å². The Balaban J connectivity index is 1.38. The summed E-state index contributed by atoms with van der Waals surface area (Å²) in [5.74, 6) is 1.92. The molecule has 8 heteroatoms. The second-order valence-electron chi connectivity index (χ2n) is 7.89. The molecule has 1 saturated carbocycles. The van der Waals surface area contributed by atoms with Crippen LogP contribution in [0, 0.1) is 5.92 Å². The number of nitrogens with zero attached hydrogens (tertiary/aromatic N) is 4. The second-order valence-corrected chi connectivity index (χ2v) is 7.89. The minimum absolute atomic E-state index is 0.248. The topological polar surface area (TPSA) is 82.7 Å². The third kappa shape index (κ3) is 3.85. The van der Waals surface area contributed by atoms with Crippen molar-refractivity contribution in [1.82, 2.24) is 19.2 Å². The summed E-state index contributed by atoms with van der Waals surface area (Å²) in [5, 5.41) is 7.33. The minimum Gasteiger partial charge on any atom is -0.496 e. The molecule has 1 N–H and O–H groups in total. The fourth-order valence-corrected chi connectivity index (χ4v) is 3.84. The Kier molecular flexibility index (Phi) is 4.71. The van der Waals surface area contributed by atoms with Gasteiger partial charge in [-0.1, -0.05) is 0 Å². The maximum absolute atomic E-state index is 12.9. The third-order valence-electron chi connectivity index (χ3n) is 5.70. The number of nitrogens with one attached hydrogen (secondary N) is 1. The summed E-state index contributed by atoms with van der Waals surface area (Å²) < 4.78 is 14.7. The molecule has 2 fully saturated rings. The van der Waals surface area contributed by atoms with Gasteiger partial charge in [0, 0.05) is 56.4 Å². The summed E-state index contributed by atoms with van der Waals surface area (Å²) in [6, 6.07) is 3.63. The average molecular weight is 395 g/mol. The van der Waals surface area contributed by atoms with E-state index in [9.17, 15) is 4.79 Å². The maximum Gasteiger partial charge on any atom is 0.262 e.